The van der Waals surface area contributed by atoms with E-state index in [2.05, 4.69) is 20.8 Å². The number of aliphatic carboxylic acids is 3. The van der Waals surface area contributed by atoms with E-state index in [0.717, 1.165) is 56.8 Å². The van der Waals surface area contributed by atoms with Crippen LogP contribution in [0.15, 0.2) is 36.5 Å². The van der Waals surface area contributed by atoms with Crippen molar-refractivity contribution in [1.82, 2.24) is 0 Å². The van der Waals surface area contributed by atoms with Gasteiger partial charge >= 0.3 is 19.8 Å². The number of allylic oxidation sites excluding steroid dienone is 3. The normalized spacial score (nSPS) is 11.1. The van der Waals surface area contributed by atoms with E-state index < -0.39 is 17.9 Å². The van der Waals surface area contributed by atoms with Crippen LogP contribution >= 0.6 is 0 Å². The van der Waals surface area contributed by atoms with Crippen molar-refractivity contribution in [2.24, 2.45) is 0 Å². The molecule has 0 bridgehead atoms. The Hall–Kier alpha value is -1.73. The van der Waals surface area contributed by atoms with E-state index in [4.69, 9.17) is 0 Å². The molecule has 0 spiro atoms. The van der Waals surface area contributed by atoms with Gasteiger partial charge in [-0.05, 0) is 56.8 Å². The predicted octanol–water partition coefficient (Wildman–Crippen LogP) is 16.3. The first kappa shape index (κ1) is 71.8. The second-order valence-corrected chi connectivity index (χ2v) is 19.4. The molecule has 0 aliphatic heterocycles. The summed E-state index contributed by atoms with van der Waals surface area (Å²) in [6, 6.07) is 0. The van der Waals surface area contributed by atoms with E-state index in [1.54, 1.807) is 18.2 Å². The summed E-state index contributed by atoms with van der Waals surface area (Å²) in [5.41, 5.74) is 0. The van der Waals surface area contributed by atoms with E-state index in [1.165, 1.54) is 270 Å². The molecule has 6 nitrogen and oxygen atoms in total. The van der Waals surface area contributed by atoms with E-state index in [1.807, 2.05) is 0 Å². The average Bonchev–Trinajstić information content (AvgIpc) is 3.29. The Labute approximate surface area is 430 Å². The number of rotatable bonds is 51. The van der Waals surface area contributed by atoms with Gasteiger partial charge in [0, 0.05) is 0 Å². The van der Waals surface area contributed by atoms with Gasteiger partial charge < -0.3 is 29.7 Å². The monoisotopic (exact) mass is 997 g/mol. The number of carbonyl (C=O) groups is 3. The first-order valence-electron chi connectivity index (χ1n) is 28.9. The van der Waals surface area contributed by atoms with Gasteiger partial charge in [-0.2, -0.15) is 0 Å². The van der Waals surface area contributed by atoms with Crippen molar-refractivity contribution < 1.29 is 29.7 Å². The number of carboxylic acid groups (broad SMARTS) is 3. The quantitative estimate of drug-likeness (QED) is 0.0340. The third-order valence-corrected chi connectivity index (χ3v) is 12.7. The molecule has 0 amide bonds. The Balaban J connectivity index is -0.000000441. The van der Waals surface area contributed by atoms with Gasteiger partial charge in [-0.15, -0.1) is 0 Å². The van der Waals surface area contributed by atoms with Crippen molar-refractivity contribution in [2.75, 3.05) is 0 Å². The maximum absolute atomic E-state index is 10.2. The zero-order valence-electron chi connectivity index (χ0n) is 44.9. The van der Waals surface area contributed by atoms with Crippen LogP contribution in [0.25, 0.3) is 0 Å². The summed E-state index contributed by atoms with van der Waals surface area (Å²) in [7, 11) is 0. The summed E-state index contributed by atoms with van der Waals surface area (Å²) >= 11 is 0. The number of hydrogen-bond acceptors (Lipinski definition) is 6. The van der Waals surface area contributed by atoms with Gasteiger partial charge in [0.25, 0.3) is 0 Å². The summed E-state index contributed by atoms with van der Waals surface area (Å²) < 4.78 is 0. The first-order chi connectivity index (χ1) is 32.3. The Bertz CT molecular complexity index is 911. The third-order valence-electron chi connectivity index (χ3n) is 12.7. The predicted molar refractivity (Wildman–Crippen MR) is 287 cm³/mol. The zero-order valence-corrected chi connectivity index (χ0v) is 47.4. The molecule has 0 aromatic carbocycles. The molecule has 0 saturated heterocycles. The van der Waals surface area contributed by atoms with Crippen LogP contribution in [-0.4, -0.2) is 37.7 Å². The van der Waals surface area contributed by atoms with Crippen LogP contribution in [0, 0.1) is 0 Å². The fourth-order valence-electron chi connectivity index (χ4n) is 8.44. The van der Waals surface area contributed by atoms with Crippen molar-refractivity contribution in [3.8, 4) is 0 Å². The molecule has 0 saturated carbocycles. The SMILES string of the molecule is CCCCCCCCCCCCCCCCCC=CC(=O)[O-].CCCCCCCCCCCCCCCCCC=CC(=O)[O-].CCCCCCCCCCCCCCCCCC=CC(=O)[O-].[Ga+3]. The van der Waals surface area contributed by atoms with E-state index in [0.29, 0.717) is 0 Å². The fourth-order valence-corrected chi connectivity index (χ4v) is 8.44. The van der Waals surface area contributed by atoms with E-state index in [-0.39, 0.29) is 19.8 Å². The van der Waals surface area contributed by atoms with Crippen LogP contribution in [0.1, 0.15) is 329 Å². The maximum Gasteiger partial charge on any atom is 3.00 e. The molecule has 0 unspecified atom stereocenters. The molecule has 0 aromatic heterocycles. The molecule has 0 heterocycles. The number of unbranched alkanes of at least 4 members (excludes halogenated alkanes) is 45. The number of carboxylic acids is 3. The molecule has 0 radical (unpaired) electrons. The first-order valence-corrected chi connectivity index (χ1v) is 28.9. The van der Waals surface area contributed by atoms with Gasteiger partial charge in [0.15, 0.2) is 0 Å². The molecule has 390 valence electrons. The van der Waals surface area contributed by atoms with Crippen molar-refractivity contribution in [1.29, 1.82) is 0 Å². The maximum atomic E-state index is 10.2. The van der Waals surface area contributed by atoms with E-state index in [9.17, 15) is 29.7 Å². The minimum Gasteiger partial charge on any atom is -0.545 e. The van der Waals surface area contributed by atoms with Crippen LogP contribution in [0.3, 0.4) is 0 Å². The van der Waals surface area contributed by atoms with Crippen LogP contribution in [0.5, 0.6) is 0 Å². The zero-order chi connectivity index (χ0) is 48.9. The second kappa shape index (κ2) is 68.5. The Morgan fingerprint density at radius 3 is 0.478 bits per heavy atom. The Morgan fingerprint density at radius 1 is 0.239 bits per heavy atom. The smallest absolute Gasteiger partial charge is 0.545 e. The van der Waals surface area contributed by atoms with Crippen molar-refractivity contribution in [3.63, 3.8) is 0 Å². The topological polar surface area (TPSA) is 120 Å². The van der Waals surface area contributed by atoms with Crippen molar-refractivity contribution in [2.45, 2.75) is 329 Å². The number of carbonyl (C=O) groups excluding carboxylic acids is 3. The molecule has 0 aliphatic rings. The summed E-state index contributed by atoms with van der Waals surface area (Å²) in [4.78, 5) is 30.5. The second-order valence-electron chi connectivity index (χ2n) is 19.4. The van der Waals surface area contributed by atoms with Gasteiger partial charge in [0.2, 0.25) is 0 Å². The van der Waals surface area contributed by atoms with Crippen LogP contribution < -0.4 is 15.3 Å². The average molecular weight is 998 g/mol. The van der Waals surface area contributed by atoms with Gasteiger partial charge in [-0.25, -0.2) is 0 Å². The third kappa shape index (κ3) is 81.6. The molecule has 0 aromatic rings. The van der Waals surface area contributed by atoms with Crippen LogP contribution in [0.4, 0.5) is 0 Å². The molecular formula is C60H111GaO6. The Kier molecular flexibility index (Phi) is 73.5. The summed E-state index contributed by atoms with van der Waals surface area (Å²) in [6.45, 7) is 6.82. The van der Waals surface area contributed by atoms with Gasteiger partial charge in [-0.3, -0.25) is 0 Å². The van der Waals surface area contributed by atoms with Gasteiger partial charge in [-0.1, -0.05) is 309 Å². The Morgan fingerprint density at radius 2 is 0.358 bits per heavy atom. The minimum absolute atomic E-state index is 0. The molecular weight excluding hydrogens is 886 g/mol. The largest absolute Gasteiger partial charge is 3.00 e. The molecule has 7 heteroatoms. The molecule has 0 N–H and O–H groups in total. The summed E-state index contributed by atoms with van der Waals surface area (Å²) in [5.74, 6) is -3.25. The minimum atomic E-state index is -1.08. The van der Waals surface area contributed by atoms with E-state index >= 15 is 0 Å². The molecule has 67 heavy (non-hydrogen) atoms. The summed E-state index contributed by atoms with van der Waals surface area (Å²) in [5, 5.41) is 30.5. The van der Waals surface area contributed by atoms with Crippen LogP contribution in [0.2, 0.25) is 0 Å². The van der Waals surface area contributed by atoms with Crippen molar-refractivity contribution in [3.05, 3.63) is 36.5 Å². The summed E-state index contributed by atoms with van der Waals surface area (Å²) in [6.07, 6.45) is 72.5. The molecule has 0 aliphatic carbocycles. The van der Waals surface area contributed by atoms with Crippen molar-refractivity contribution >= 4 is 37.7 Å². The van der Waals surface area contributed by atoms with Crippen LogP contribution in [-0.2, 0) is 14.4 Å². The van der Waals surface area contributed by atoms with Gasteiger partial charge in [0.1, 0.15) is 0 Å². The number of hydrogen-bond donors (Lipinski definition) is 0. The molecule has 0 atom stereocenters. The molecule has 0 fully saturated rings. The van der Waals surface area contributed by atoms with Gasteiger partial charge in [0.05, 0.1) is 17.9 Å². The standard InChI is InChI=1S/3C20H38O2.Ga/c3*1-2-3-4-5-6-7-8-9-10-11-12-13-14-15-16-17-18-19-20(21)22;/h3*18-19H,2-17H2,1H3,(H,21,22);/q;;;+3/p-3. The molecule has 0 rings (SSSR count). The fraction of sp³-hybridized carbons (Fsp3) is 0.850.